The third kappa shape index (κ3) is 4.50. The molecule has 4 nitrogen and oxygen atoms in total. The lowest BCUT2D eigenvalue weighted by molar-refractivity contribution is -0.127. The fraction of sp³-hybridized carbons (Fsp3) is 0.462. The van der Waals surface area contributed by atoms with Crippen LogP contribution in [0.1, 0.15) is 5.56 Å². The van der Waals surface area contributed by atoms with E-state index >= 15 is 0 Å². The molecule has 2 rings (SSSR count). The Morgan fingerprint density at radius 2 is 2.25 bits per heavy atom. The summed E-state index contributed by atoms with van der Waals surface area (Å²) in [7, 11) is 0. The number of alkyl halides is 3. The number of anilines is 1. The zero-order chi connectivity index (χ0) is 14.6. The van der Waals surface area contributed by atoms with Crippen LogP contribution in [0.15, 0.2) is 24.3 Å². The minimum atomic E-state index is -4.26. The van der Waals surface area contributed by atoms with E-state index < -0.39 is 18.6 Å². The molecule has 1 amide bonds. The molecule has 7 heteroatoms. The zero-order valence-corrected chi connectivity index (χ0v) is 10.7. The van der Waals surface area contributed by atoms with Gasteiger partial charge in [0.2, 0.25) is 5.91 Å². The van der Waals surface area contributed by atoms with E-state index in [-0.39, 0.29) is 18.1 Å². The summed E-state index contributed by atoms with van der Waals surface area (Å²) >= 11 is 0. The predicted octanol–water partition coefficient (Wildman–Crippen LogP) is 1.72. The second kappa shape index (κ2) is 6.23. The van der Waals surface area contributed by atoms with E-state index in [2.05, 4.69) is 10.6 Å². The number of ether oxygens (including phenoxy) is 1. The van der Waals surface area contributed by atoms with E-state index in [9.17, 15) is 18.0 Å². The van der Waals surface area contributed by atoms with Gasteiger partial charge >= 0.3 is 6.18 Å². The third-order valence-corrected chi connectivity index (χ3v) is 2.84. The lowest BCUT2D eigenvalue weighted by atomic mass is 10.1. The Labute approximate surface area is 114 Å². The molecule has 0 aliphatic carbocycles. The van der Waals surface area contributed by atoms with Crippen LogP contribution in [0, 0.1) is 0 Å². The van der Waals surface area contributed by atoms with Crippen molar-refractivity contribution < 1.29 is 22.7 Å². The standard InChI is InChI=1S/C13H15F3N2O2/c14-13(15,16)7-9-2-1-3-10(6-9)18-12(19)11-8-20-5-4-17-11/h1-3,6,11,17H,4-5,7-8H2,(H,18,19). The SMILES string of the molecule is O=C(Nc1cccc(CC(F)(F)F)c1)C1COCCN1. The van der Waals surface area contributed by atoms with Crippen molar-refractivity contribution in [2.45, 2.75) is 18.6 Å². The molecular weight excluding hydrogens is 273 g/mol. The minimum absolute atomic E-state index is 0.114. The van der Waals surface area contributed by atoms with Crippen molar-refractivity contribution in [3.63, 3.8) is 0 Å². The summed E-state index contributed by atoms with van der Waals surface area (Å²) in [6.45, 7) is 1.38. The van der Waals surface area contributed by atoms with E-state index in [4.69, 9.17) is 4.74 Å². The number of hydrogen-bond acceptors (Lipinski definition) is 3. The van der Waals surface area contributed by atoms with E-state index in [1.165, 1.54) is 18.2 Å². The van der Waals surface area contributed by atoms with Gasteiger partial charge in [0.05, 0.1) is 19.6 Å². The van der Waals surface area contributed by atoms with Crippen molar-refractivity contribution in [2.75, 3.05) is 25.1 Å². The summed E-state index contributed by atoms with van der Waals surface area (Å²) in [5, 5.41) is 5.56. The van der Waals surface area contributed by atoms with Crippen LogP contribution in [0.25, 0.3) is 0 Å². The Morgan fingerprint density at radius 1 is 1.45 bits per heavy atom. The molecule has 0 bridgehead atoms. The fourth-order valence-electron chi connectivity index (χ4n) is 1.95. The smallest absolute Gasteiger partial charge is 0.378 e. The van der Waals surface area contributed by atoms with Gasteiger partial charge in [-0.1, -0.05) is 12.1 Å². The number of benzene rings is 1. The van der Waals surface area contributed by atoms with Crippen LogP contribution >= 0.6 is 0 Å². The van der Waals surface area contributed by atoms with E-state index in [0.29, 0.717) is 18.8 Å². The van der Waals surface area contributed by atoms with Crippen LogP contribution < -0.4 is 10.6 Å². The van der Waals surface area contributed by atoms with Gasteiger partial charge in [0.25, 0.3) is 0 Å². The first kappa shape index (κ1) is 14.8. The summed E-state index contributed by atoms with van der Waals surface area (Å²) < 4.78 is 42.1. The molecule has 110 valence electrons. The number of carbonyl (C=O) groups is 1. The van der Waals surface area contributed by atoms with Crippen LogP contribution in [0.4, 0.5) is 18.9 Å². The maximum atomic E-state index is 12.3. The average molecular weight is 288 g/mol. The number of amides is 1. The second-order valence-corrected chi connectivity index (χ2v) is 4.56. The topological polar surface area (TPSA) is 50.4 Å². The first-order valence-electron chi connectivity index (χ1n) is 6.22. The van der Waals surface area contributed by atoms with Crippen LogP contribution in [-0.2, 0) is 16.0 Å². The summed E-state index contributed by atoms with van der Waals surface area (Å²) in [6, 6.07) is 5.28. The summed E-state index contributed by atoms with van der Waals surface area (Å²) in [4.78, 5) is 11.9. The molecule has 1 saturated heterocycles. The number of morpholine rings is 1. The predicted molar refractivity (Wildman–Crippen MR) is 67.4 cm³/mol. The van der Waals surface area contributed by atoms with Gasteiger partial charge in [-0.3, -0.25) is 4.79 Å². The van der Waals surface area contributed by atoms with E-state index in [1.54, 1.807) is 6.07 Å². The highest BCUT2D eigenvalue weighted by atomic mass is 19.4. The molecule has 1 aromatic carbocycles. The van der Waals surface area contributed by atoms with Crippen LogP contribution in [0.3, 0.4) is 0 Å². The minimum Gasteiger partial charge on any atom is -0.378 e. The van der Waals surface area contributed by atoms with Crippen LogP contribution in [0.2, 0.25) is 0 Å². The lowest BCUT2D eigenvalue weighted by Crippen LogP contribution is -2.48. The Bertz CT molecular complexity index is 471. The van der Waals surface area contributed by atoms with Gasteiger partial charge in [-0.05, 0) is 17.7 Å². The van der Waals surface area contributed by atoms with Crippen molar-refractivity contribution in [1.29, 1.82) is 0 Å². The summed E-state index contributed by atoms with van der Waals surface area (Å²) in [5.74, 6) is -0.311. The zero-order valence-electron chi connectivity index (χ0n) is 10.7. The van der Waals surface area contributed by atoms with Gasteiger partial charge in [0.1, 0.15) is 6.04 Å². The fourth-order valence-corrected chi connectivity index (χ4v) is 1.95. The Morgan fingerprint density at radius 3 is 2.90 bits per heavy atom. The van der Waals surface area contributed by atoms with Gasteiger partial charge in [-0.15, -0.1) is 0 Å². The number of nitrogens with one attached hydrogen (secondary N) is 2. The lowest BCUT2D eigenvalue weighted by Gasteiger charge is -2.23. The second-order valence-electron chi connectivity index (χ2n) is 4.56. The van der Waals surface area contributed by atoms with Crippen LogP contribution in [-0.4, -0.2) is 37.9 Å². The first-order valence-corrected chi connectivity index (χ1v) is 6.22. The van der Waals surface area contributed by atoms with Gasteiger partial charge < -0.3 is 15.4 Å². The molecule has 0 spiro atoms. The molecule has 20 heavy (non-hydrogen) atoms. The molecule has 1 aliphatic rings. The average Bonchev–Trinajstić information content (AvgIpc) is 2.38. The van der Waals surface area contributed by atoms with Crippen LogP contribution in [0.5, 0.6) is 0 Å². The number of hydrogen-bond donors (Lipinski definition) is 2. The molecule has 1 aliphatic heterocycles. The number of halogens is 3. The van der Waals surface area contributed by atoms with Gasteiger partial charge in [0.15, 0.2) is 0 Å². The summed E-state index contributed by atoms with van der Waals surface area (Å²) in [5.41, 5.74) is 0.465. The molecule has 0 radical (unpaired) electrons. The number of rotatable bonds is 3. The Balaban J connectivity index is 1.98. The molecule has 1 aromatic rings. The maximum Gasteiger partial charge on any atom is 0.393 e. The molecule has 0 aromatic heterocycles. The third-order valence-electron chi connectivity index (χ3n) is 2.84. The molecule has 1 heterocycles. The van der Waals surface area contributed by atoms with Crippen molar-refractivity contribution >= 4 is 11.6 Å². The van der Waals surface area contributed by atoms with Crippen molar-refractivity contribution in [3.05, 3.63) is 29.8 Å². The highest BCUT2D eigenvalue weighted by molar-refractivity contribution is 5.95. The molecule has 1 unspecified atom stereocenters. The summed E-state index contributed by atoms with van der Waals surface area (Å²) in [6.07, 6.45) is -5.27. The highest BCUT2D eigenvalue weighted by Gasteiger charge is 2.27. The van der Waals surface area contributed by atoms with E-state index in [0.717, 1.165) is 0 Å². The van der Waals surface area contributed by atoms with Gasteiger partial charge in [-0.2, -0.15) is 13.2 Å². The molecule has 1 atom stereocenters. The van der Waals surface area contributed by atoms with Crippen molar-refractivity contribution in [3.8, 4) is 0 Å². The normalized spacial score (nSPS) is 19.6. The maximum absolute atomic E-state index is 12.3. The van der Waals surface area contributed by atoms with Crippen molar-refractivity contribution in [2.24, 2.45) is 0 Å². The molecule has 0 saturated carbocycles. The monoisotopic (exact) mass is 288 g/mol. The van der Waals surface area contributed by atoms with E-state index in [1.807, 2.05) is 0 Å². The quantitative estimate of drug-likeness (QED) is 0.890. The Kier molecular flexibility index (Phi) is 4.61. The van der Waals surface area contributed by atoms with Gasteiger partial charge in [-0.25, -0.2) is 0 Å². The number of carbonyl (C=O) groups excluding carboxylic acids is 1. The van der Waals surface area contributed by atoms with Gasteiger partial charge in [0, 0.05) is 12.2 Å². The molecule has 2 N–H and O–H groups in total. The van der Waals surface area contributed by atoms with Crippen molar-refractivity contribution in [1.82, 2.24) is 5.32 Å². The first-order chi connectivity index (χ1) is 9.44. The highest BCUT2D eigenvalue weighted by Crippen LogP contribution is 2.22. The molecular formula is C13H15F3N2O2. The Hall–Kier alpha value is -1.60. The largest absolute Gasteiger partial charge is 0.393 e. The molecule has 1 fully saturated rings.